The lowest BCUT2D eigenvalue weighted by molar-refractivity contribution is -0.153. The molecule has 26 heavy (non-hydrogen) atoms. The maximum atomic E-state index is 12.5. The van der Waals surface area contributed by atoms with Crippen LogP contribution in [-0.2, 0) is 14.3 Å². The number of hydrogen-bond acceptors (Lipinski definition) is 6. The Bertz CT molecular complexity index is 739. The molecule has 0 spiro atoms. The van der Waals surface area contributed by atoms with Crippen molar-refractivity contribution in [1.82, 2.24) is 15.5 Å². The van der Waals surface area contributed by atoms with Crippen molar-refractivity contribution in [2.75, 3.05) is 13.7 Å². The van der Waals surface area contributed by atoms with Crippen molar-refractivity contribution in [3.8, 4) is 0 Å². The summed E-state index contributed by atoms with van der Waals surface area (Å²) in [5.41, 5.74) is 0.432. The topological polar surface area (TPSA) is 122 Å². The standard InChI is InChI=1S/C17H19N3O6/c1-9(2)13(16(24)26-8-12(21)19-17(25)18-3)20-14(22)10-6-4-5-7-11(10)15(20)23/h4-7,9,13H,8H2,1-3H3,(H2,18,19,21,25)/t13-/m0/s1. The Hall–Kier alpha value is -3.23. The summed E-state index contributed by atoms with van der Waals surface area (Å²) >= 11 is 0. The van der Waals surface area contributed by atoms with E-state index >= 15 is 0 Å². The zero-order chi connectivity index (χ0) is 19.4. The number of esters is 1. The van der Waals surface area contributed by atoms with Crippen LogP contribution in [0.4, 0.5) is 4.79 Å². The molecule has 1 aliphatic heterocycles. The Morgan fingerprint density at radius 1 is 1.08 bits per heavy atom. The largest absolute Gasteiger partial charge is 0.454 e. The van der Waals surface area contributed by atoms with E-state index in [1.54, 1.807) is 26.0 Å². The molecule has 0 fully saturated rings. The first-order valence-corrected chi connectivity index (χ1v) is 7.93. The SMILES string of the molecule is CNC(=O)NC(=O)COC(=O)[C@H](C(C)C)N1C(=O)c2ccccc2C1=O. The Morgan fingerprint density at radius 2 is 1.62 bits per heavy atom. The summed E-state index contributed by atoms with van der Waals surface area (Å²) in [7, 11) is 1.33. The average Bonchev–Trinajstić information content (AvgIpc) is 2.85. The van der Waals surface area contributed by atoms with E-state index in [0.29, 0.717) is 0 Å². The third-order valence-electron chi connectivity index (χ3n) is 3.80. The van der Waals surface area contributed by atoms with Crippen LogP contribution < -0.4 is 10.6 Å². The predicted molar refractivity (Wildman–Crippen MR) is 89.1 cm³/mol. The highest BCUT2D eigenvalue weighted by atomic mass is 16.5. The van der Waals surface area contributed by atoms with Gasteiger partial charge in [-0.05, 0) is 18.1 Å². The number of benzene rings is 1. The second kappa shape index (κ2) is 7.77. The molecule has 1 atom stereocenters. The van der Waals surface area contributed by atoms with Crippen LogP contribution >= 0.6 is 0 Å². The molecule has 2 N–H and O–H groups in total. The van der Waals surface area contributed by atoms with E-state index in [0.717, 1.165) is 4.90 Å². The zero-order valence-electron chi connectivity index (χ0n) is 14.6. The molecule has 0 aromatic heterocycles. The van der Waals surface area contributed by atoms with Gasteiger partial charge < -0.3 is 10.1 Å². The Balaban J connectivity index is 2.13. The third-order valence-corrected chi connectivity index (χ3v) is 3.80. The van der Waals surface area contributed by atoms with E-state index in [1.807, 2.05) is 5.32 Å². The van der Waals surface area contributed by atoms with Crippen LogP contribution in [0.2, 0.25) is 0 Å². The van der Waals surface area contributed by atoms with Crippen LogP contribution in [0, 0.1) is 5.92 Å². The van der Waals surface area contributed by atoms with Gasteiger partial charge in [0.1, 0.15) is 6.04 Å². The first kappa shape index (κ1) is 19.1. The Labute approximate surface area is 149 Å². The van der Waals surface area contributed by atoms with Crippen LogP contribution in [-0.4, -0.2) is 54.3 Å². The maximum Gasteiger partial charge on any atom is 0.330 e. The number of carbonyl (C=O) groups is 5. The molecule has 1 aromatic carbocycles. The highest BCUT2D eigenvalue weighted by Crippen LogP contribution is 2.27. The number of rotatable bonds is 5. The first-order chi connectivity index (χ1) is 12.3. The first-order valence-electron chi connectivity index (χ1n) is 7.93. The number of urea groups is 1. The van der Waals surface area contributed by atoms with Gasteiger partial charge in [0.2, 0.25) is 0 Å². The van der Waals surface area contributed by atoms with Crippen LogP contribution in [0.25, 0.3) is 0 Å². The fraction of sp³-hybridized carbons (Fsp3) is 0.353. The summed E-state index contributed by atoms with van der Waals surface area (Å²) in [6, 6.07) is 4.34. The molecule has 1 aromatic rings. The van der Waals surface area contributed by atoms with Crippen molar-refractivity contribution in [3.05, 3.63) is 35.4 Å². The van der Waals surface area contributed by atoms with Gasteiger partial charge in [0.25, 0.3) is 17.7 Å². The number of carbonyl (C=O) groups excluding carboxylic acids is 5. The lowest BCUT2D eigenvalue weighted by Gasteiger charge is -2.27. The summed E-state index contributed by atoms with van der Waals surface area (Å²) in [5, 5.41) is 4.12. The number of nitrogens with one attached hydrogen (secondary N) is 2. The van der Waals surface area contributed by atoms with Gasteiger partial charge in [0.05, 0.1) is 11.1 Å². The fourth-order valence-corrected chi connectivity index (χ4v) is 2.58. The van der Waals surface area contributed by atoms with E-state index in [4.69, 9.17) is 4.74 Å². The number of nitrogens with zero attached hydrogens (tertiary/aromatic N) is 1. The second-order valence-corrected chi connectivity index (χ2v) is 5.95. The minimum absolute atomic E-state index is 0.216. The van der Waals surface area contributed by atoms with Gasteiger partial charge in [-0.3, -0.25) is 24.6 Å². The minimum atomic E-state index is -1.18. The van der Waals surface area contributed by atoms with Crippen molar-refractivity contribution in [2.24, 2.45) is 5.92 Å². The average molecular weight is 361 g/mol. The van der Waals surface area contributed by atoms with E-state index in [-0.39, 0.29) is 11.1 Å². The maximum absolute atomic E-state index is 12.5. The van der Waals surface area contributed by atoms with Crippen molar-refractivity contribution < 1.29 is 28.7 Å². The normalized spacial score (nSPS) is 14.1. The molecule has 0 bridgehead atoms. The fourth-order valence-electron chi connectivity index (χ4n) is 2.58. The summed E-state index contributed by atoms with van der Waals surface area (Å²) in [5.74, 6) is -3.34. The van der Waals surface area contributed by atoms with E-state index in [2.05, 4.69) is 5.32 Å². The number of fused-ring (bicyclic) bond motifs is 1. The number of ether oxygens (including phenoxy) is 1. The molecule has 1 aliphatic rings. The molecular weight excluding hydrogens is 342 g/mol. The summed E-state index contributed by atoms with van der Waals surface area (Å²) in [6.07, 6.45) is 0. The monoisotopic (exact) mass is 361 g/mol. The summed E-state index contributed by atoms with van der Waals surface area (Å²) in [6.45, 7) is 2.60. The molecule has 5 amide bonds. The molecule has 9 heteroatoms. The minimum Gasteiger partial charge on any atom is -0.454 e. The molecule has 9 nitrogen and oxygen atoms in total. The van der Waals surface area contributed by atoms with Gasteiger partial charge in [-0.25, -0.2) is 9.59 Å². The van der Waals surface area contributed by atoms with Crippen LogP contribution in [0.15, 0.2) is 24.3 Å². The molecule has 0 aliphatic carbocycles. The number of amides is 5. The van der Waals surface area contributed by atoms with Gasteiger partial charge in [-0.2, -0.15) is 0 Å². The Kier molecular flexibility index (Phi) is 5.71. The van der Waals surface area contributed by atoms with Gasteiger partial charge in [0.15, 0.2) is 6.61 Å². The summed E-state index contributed by atoms with van der Waals surface area (Å²) in [4.78, 5) is 61.0. The van der Waals surface area contributed by atoms with Gasteiger partial charge >= 0.3 is 12.0 Å². The number of imide groups is 2. The molecule has 2 rings (SSSR count). The Morgan fingerprint density at radius 3 is 2.08 bits per heavy atom. The van der Waals surface area contributed by atoms with Gasteiger partial charge in [-0.15, -0.1) is 0 Å². The molecule has 0 radical (unpaired) electrons. The molecule has 138 valence electrons. The highest BCUT2D eigenvalue weighted by Gasteiger charge is 2.44. The van der Waals surface area contributed by atoms with Crippen molar-refractivity contribution >= 4 is 29.7 Å². The van der Waals surface area contributed by atoms with Gasteiger partial charge in [0, 0.05) is 7.05 Å². The predicted octanol–water partition coefficient (Wildman–Crippen LogP) is 0.306. The molecule has 1 heterocycles. The van der Waals surface area contributed by atoms with E-state index in [9.17, 15) is 24.0 Å². The molecule has 0 saturated heterocycles. The lowest BCUT2D eigenvalue weighted by Crippen LogP contribution is -2.49. The molecular formula is C17H19N3O6. The zero-order valence-corrected chi connectivity index (χ0v) is 14.6. The van der Waals surface area contributed by atoms with Crippen LogP contribution in [0.3, 0.4) is 0 Å². The van der Waals surface area contributed by atoms with E-state index < -0.39 is 48.3 Å². The van der Waals surface area contributed by atoms with Crippen molar-refractivity contribution in [1.29, 1.82) is 0 Å². The third kappa shape index (κ3) is 3.71. The number of hydrogen-bond donors (Lipinski definition) is 2. The molecule has 0 saturated carbocycles. The van der Waals surface area contributed by atoms with Crippen LogP contribution in [0.1, 0.15) is 34.6 Å². The van der Waals surface area contributed by atoms with E-state index in [1.165, 1.54) is 19.2 Å². The highest BCUT2D eigenvalue weighted by molar-refractivity contribution is 6.22. The lowest BCUT2D eigenvalue weighted by atomic mass is 10.0. The second-order valence-electron chi connectivity index (χ2n) is 5.95. The van der Waals surface area contributed by atoms with Gasteiger partial charge in [-0.1, -0.05) is 26.0 Å². The van der Waals surface area contributed by atoms with Crippen molar-refractivity contribution in [2.45, 2.75) is 19.9 Å². The summed E-state index contributed by atoms with van der Waals surface area (Å²) < 4.78 is 4.90. The smallest absolute Gasteiger partial charge is 0.330 e. The van der Waals surface area contributed by atoms with Crippen molar-refractivity contribution in [3.63, 3.8) is 0 Å². The molecule has 0 unspecified atom stereocenters. The quantitative estimate of drug-likeness (QED) is 0.575. The van der Waals surface area contributed by atoms with Crippen LogP contribution in [0.5, 0.6) is 0 Å².